The summed E-state index contributed by atoms with van der Waals surface area (Å²) >= 11 is 0. The molecule has 2 aromatic rings. The van der Waals surface area contributed by atoms with Gasteiger partial charge in [-0.15, -0.1) is 0 Å². The topological polar surface area (TPSA) is 71.3 Å². The molecular weight excluding hydrogens is 359 g/mol. The normalized spacial score (nSPS) is 17.5. The maximum absolute atomic E-state index is 15.3. The molecule has 0 amide bonds. The lowest BCUT2D eigenvalue weighted by atomic mass is 9.94. The lowest BCUT2D eigenvalue weighted by Crippen LogP contribution is -2.28. The van der Waals surface area contributed by atoms with Gasteiger partial charge in [0.05, 0.1) is 16.6 Å². The van der Waals surface area contributed by atoms with E-state index in [2.05, 4.69) is 5.32 Å². The SMILES string of the molecule is CCc1c(F)c(NC2CCCCC2)cc2c1c(=O)c(C(=O)O)c1n2CCCC1. The first-order chi connectivity index (χ1) is 13.5. The van der Waals surface area contributed by atoms with Crippen molar-refractivity contribution >= 4 is 22.6 Å². The molecule has 5 nitrogen and oxygen atoms in total. The summed E-state index contributed by atoms with van der Waals surface area (Å²) in [5.41, 5.74) is 1.28. The van der Waals surface area contributed by atoms with Crippen molar-refractivity contribution in [1.29, 1.82) is 0 Å². The predicted octanol–water partition coefficient (Wildman–Crippen LogP) is 4.48. The van der Waals surface area contributed by atoms with Crippen LogP contribution in [0.2, 0.25) is 0 Å². The lowest BCUT2D eigenvalue weighted by Gasteiger charge is -2.27. The van der Waals surface area contributed by atoms with Crippen molar-refractivity contribution in [1.82, 2.24) is 4.57 Å². The number of halogens is 1. The second-order valence-electron chi connectivity index (χ2n) is 8.01. The van der Waals surface area contributed by atoms with Crippen LogP contribution in [0.25, 0.3) is 10.9 Å². The number of hydrogen-bond acceptors (Lipinski definition) is 3. The minimum atomic E-state index is -1.22. The maximum Gasteiger partial charge on any atom is 0.341 e. The van der Waals surface area contributed by atoms with Crippen molar-refractivity contribution in [3.05, 3.63) is 38.9 Å². The number of hydrogen-bond donors (Lipinski definition) is 2. The Bertz CT molecular complexity index is 990. The minimum absolute atomic E-state index is 0.186. The molecule has 0 bridgehead atoms. The number of anilines is 1. The first-order valence-electron chi connectivity index (χ1n) is 10.4. The standard InChI is InChI=1S/C22H27FN2O3/c1-2-14-18-17(12-15(20(14)23)24-13-8-4-3-5-9-13)25-11-7-6-10-16(25)19(21(18)26)22(27)28/h12-13,24H,2-11H2,1H3,(H,27,28). The van der Waals surface area contributed by atoms with Gasteiger partial charge in [0.2, 0.25) is 5.43 Å². The lowest BCUT2D eigenvalue weighted by molar-refractivity contribution is 0.0693. The number of benzene rings is 1. The van der Waals surface area contributed by atoms with Crippen LogP contribution in [-0.2, 0) is 19.4 Å². The molecule has 28 heavy (non-hydrogen) atoms. The van der Waals surface area contributed by atoms with E-state index in [0.717, 1.165) is 38.5 Å². The summed E-state index contributed by atoms with van der Waals surface area (Å²) in [6.07, 6.45) is 8.25. The van der Waals surface area contributed by atoms with Crippen molar-refractivity contribution < 1.29 is 14.3 Å². The van der Waals surface area contributed by atoms with Crippen LogP contribution in [0.3, 0.4) is 0 Å². The smallest absolute Gasteiger partial charge is 0.341 e. The zero-order valence-corrected chi connectivity index (χ0v) is 16.3. The van der Waals surface area contributed by atoms with Gasteiger partial charge in [-0.1, -0.05) is 26.2 Å². The molecule has 1 fully saturated rings. The molecular formula is C22H27FN2O3. The van der Waals surface area contributed by atoms with Crippen molar-refractivity contribution in [3.8, 4) is 0 Å². The molecule has 2 aliphatic rings. The third-order valence-corrected chi connectivity index (χ3v) is 6.28. The monoisotopic (exact) mass is 386 g/mol. The average molecular weight is 386 g/mol. The molecule has 0 spiro atoms. The van der Waals surface area contributed by atoms with Crippen molar-refractivity contribution in [2.45, 2.75) is 77.3 Å². The first kappa shape index (κ1) is 19.0. The third-order valence-electron chi connectivity index (χ3n) is 6.28. The van der Waals surface area contributed by atoms with Gasteiger partial charge in [0, 0.05) is 23.8 Å². The van der Waals surface area contributed by atoms with Gasteiger partial charge in [0.15, 0.2) is 0 Å². The van der Waals surface area contributed by atoms with Crippen LogP contribution in [0, 0.1) is 5.82 Å². The number of rotatable bonds is 4. The summed E-state index contributed by atoms with van der Waals surface area (Å²) in [5.74, 6) is -1.63. The zero-order valence-electron chi connectivity index (χ0n) is 16.3. The van der Waals surface area contributed by atoms with Crippen LogP contribution < -0.4 is 10.7 Å². The zero-order chi connectivity index (χ0) is 19.8. The van der Waals surface area contributed by atoms with E-state index in [9.17, 15) is 14.7 Å². The van der Waals surface area contributed by atoms with E-state index in [1.807, 2.05) is 11.5 Å². The van der Waals surface area contributed by atoms with Gasteiger partial charge in [0.1, 0.15) is 11.4 Å². The minimum Gasteiger partial charge on any atom is -0.477 e. The Morgan fingerprint density at radius 1 is 1.25 bits per heavy atom. The van der Waals surface area contributed by atoms with Gasteiger partial charge in [-0.05, 0) is 44.6 Å². The largest absolute Gasteiger partial charge is 0.477 e. The van der Waals surface area contributed by atoms with E-state index >= 15 is 4.39 Å². The number of aryl methyl sites for hydroxylation is 2. The van der Waals surface area contributed by atoms with Crippen molar-refractivity contribution in [2.24, 2.45) is 0 Å². The molecule has 1 aromatic heterocycles. The summed E-state index contributed by atoms with van der Waals surface area (Å²) < 4.78 is 17.3. The van der Waals surface area contributed by atoms with Gasteiger partial charge < -0.3 is 15.0 Å². The summed E-state index contributed by atoms with van der Waals surface area (Å²) in [6.45, 7) is 2.47. The molecule has 1 aliphatic heterocycles. The van der Waals surface area contributed by atoms with E-state index in [1.54, 1.807) is 6.07 Å². The number of nitrogens with zero attached hydrogens (tertiary/aromatic N) is 1. The highest BCUT2D eigenvalue weighted by Gasteiger charge is 2.27. The van der Waals surface area contributed by atoms with Crippen LogP contribution in [0.4, 0.5) is 10.1 Å². The van der Waals surface area contributed by atoms with Gasteiger partial charge in [-0.3, -0.25) is 4.79 Å². The molecule has 2 N–H and O–H groups in total. The Hall–Kier alpha value is -2.37. The molecule has 1 aliphatic carbocycles. The highest BCUT2D eigenvalue weighted by molar-refractivity contribution is 5.96. The second-order valence-corrected chi connectivity index (χ2v) is 8.01. The molecule has 6 heteroatoms. The molecule has 150 valence electrons. The maximum atomic E-state index is 15.3. The molecule has 1 saturated carbocycles. The van der Waals surface area contributed by atoms with Crippen LogP contribution in [-0.4, -0.2) is 21.7 Å². The van der Waals surface area contributed by atoms with Crippen LogP contribution in [0.5, 0.6) is 0 Å². The van der Waals surface area contributed by atoms with Crippen LogP contribution >= 0.6 is 0 Å². The molecule has 0 saturated heterocycles. The number of fused-ring (bicyclic) bond motifs is 3. The summed E-state index contributed by atoms with van der Waals surface area (Å²) in [5, 5.41) is 13.3. The Morgan fingerprint density at radius 2 is 2.00 bits per heavy atom. The summed E-state index contributed by atoms with van der Waals surface area (Å²) in [7, 11) is 0. The highest BCUT2D eigenvalue weighted by atomic mass is 19.1. The molecule has 0 radical (unpaired) electrons. The fraction of sp³-hybridized carbons (Fsp3) is 0.545. The van der Waals surface area contributed by atoms with Crippen molar-refractivity contribution in [2.75, 3.05) is 5.32 Å². The second kappa shape index (κ2) is 7.57. The Labute approximate surface area is 163 Å². The van der Waals surface area contributed by atoms with Gasteiger partial charge in [-0.25, -0.2) is 9.18 Å². The predicted molar refractivity (Wildman–Crippen MR) is 108 cm³/mol. The molecule has 0 atom stereocenters. The van der Waals surface area contributed by atoms with Gasteiger partial charge in [0.25, 0.3) is 0 Å². The number of carboxylic acid groups (broad SMARTS) is 1. The van der Waals surface area contributed by atoms with E-state index in [4.69, 9.17) is 0 Å². The first-order valence-corrected chi connectivity index (χ1v) is 10.4. The fourth-order valence-corrected chi connectivity index (χ4v) is 4.90. The van der Waals surface area contributed by atoms with Crippen molar-refractivity contribution in [3.63, 3.8) is 0 Å². The molecule has 0 unspecified atom stereocenters. The Balaban J connectivity index is 1.98. The quantitative estimate of drug-likeness (QED) is 0.813. The van der Waals surface area contributed by atoms with Crippen LogP contribution in [0.1, 0.15) is 73.5 Å². The number of nitrogens with one attached hydrogen (secondary N) is 1. The number of aromatic carboxylic acids is 1. The van der Waals surface area contributed by atoms with E-state index in [1.165, 1.54) is 6.42 Å². The number of carboxylic acids is 1. The third kappa shape index (κ3) is 3.09. The molecule has 2 heterocycles. The van der Waals surface area contributed by atoms with Gasteiger partial charge in [-0.2, -0.15) is 0 Å². The number of aromatic nitrogens is 1. The number of carbonyl (C=O) groups is 1. The van der Waals surface area contributed by atoms with Gasteiger partial charge >= 0.3 is 5.97 Å². The molecule has 1 aromatic carbocycles. The van der Waals surface area contributed by atoms with E-state index in [0.29, 0.717) is 41.8 Å². The fourth-order valence-electron chi connectivity index (χ4n) is 4.90. The number of pyridine rings is 1. The summed E-state index contributed by atoms with van der Waals surface area (Å²) in [4.78, 5) is 24.9. The Morgan fingerprint density at radius 3 is 2.68 bits per heavy atom. The Kier molecular flexibility index (Phi) is 5.13. The molecule has 4 rings (SSSR count). The van der Waals surface area contributed by atoms with E-state index < -0.39 is 17.2 Å². The van der Waals surface area contributed by atoms with E-state index in [-0.39, 0.29) is 17.0 Å². The highest BCUT2D eigenvalue weighted by Crippen LogP contribution is 2.32. The van der Waals surface area contributed by atoms with Crippen LogP contribution in [0.15, 0.2) is 10.9 Å². The summed E-state index contributed by atoms with van der Waals surface area (Å²) in [6, 6.07) is 1.98. The average Bonchev–Trinajstić information content (AvgIpc) is 2.69.